The van der Waals surface area contributed by atoms with Crippen molar-refractivity contribution < 1.29 is 27.4 Å². The predicted octanol–water partition coefficient (Wildman–Crippen LogP) is 0.890. The first-order chi connectivity index (χ1) is 13.3. The number of halogens is 3. The maximum Gasteiger partial charge on any atom is 0.483 e. The number of terminal acetylenes is 1. The molecule has 10 heteroatoms. The van der Waals surface area contributed by atoms with Crippen molar-refractivity contribution in [1.82, 2.24) is 9.25 Å². The van der Waals surface area contributed by atoms with Crippen molar-refractivity contribution in [2.24, 2.45) is 7.05 Å². The molecule has 28 heavy (non-hydrogen) atoms. The highest BCUT2D eigenvalue weighted by Gasteiger charge is 2.51. The van der Waals surface area contributed by atoms with E-state index < -0.39 is 35.8 Å². The molecule has 0 saturated carbocycles. The van der Waals surface area contributed by atoms with Gasteiger partial charge in [-0.2, -0.15) is 18.0 Å². The Morgan fingerprint density at radius 3 is 2.71 bits per heavy atom. The van der Waals surface area contributed by atoms with E-state index in [1.54, 1.807) is 11.6 Å². The van der Waals surface area contributed by atoms with Crippen LogP contribution >= 0.6 is 0 Å². The second kappa shape index (κ2) is 6.15. The van der Waals surface area contributed by atoms with Crippen LogP contribution in [0.2, 0.25) is 0 Å². The van der Waals surface area contributed by atoms with Crippen LogP contribution in [0.1, 0.15) is 18.7 Å². The maximum absolute atomic E-state index is 14.8. The molecule has 0 N–H and O–H groups in total. The molecule has 1 aromatic heterocycles. The number of alkyl halides is 2. The smallest absolute Gasteiger partial charge is 0.423 e. The number of anilines is 1. The predicted molar refractivity (Wildman–Crippen MR) is 90.9 cm³/mol. The lowest BCUT2D eigenvalue weighted by Gasteiger charge is -2.32. The van der Waals surface area contributed by atoms with E-state index in [0.29, 0.717) is 17.9 Å². The molecule has 4 rings (SSSR count). The van der Waals surface area contributed by atoms with Crippen LogP contribution in [-0.2, 0) is 24.8 Å². The molecule has 2 aliphatic rings. The Labute approximate surface area is 157 Å². The zero-order chi connectivity index (χ0) is 20.2. The summed E-state index contributed by atoms with van der Waals surface area (Å²) in [5.74, 6) is -0.259. The van der Waals surface area contributed by atoms with E-state index in [1.807, 2.05) is 0 Å². The van der Waals surface area contributed by atoms with Crippen molar-refractivity contribution in [3.05, 3.63) is 34.3 Å². The summed E-state index contributed by atoms with van der Waals surface area (Å²) in [6.07, 6.45) is 3.42. The van der Waals surface area contributed by atoms with Gasteiger partial charge in [-0.15, -0.1) is 11.1 Å². The van der Waals surface area contributed by atoms with Crippen molar-refractivity contribution in [3.63, 3.8) is 0 Å². The number of fused-ring (bicyclic) bond motifs is 2. The van der Waals surface area contributed by atoms with Crippen LogP contribution in [0.5, 0.6) is 5.75 Å². The van der Waals surface area contributed by atoms with Crippen LogP contribution in [0.4, 0.5) is 18.9 Å². The molecular formula is C18H16F3N4O3+. The van der Waals surface area contributed by atoms with Gasteiger partial charge >= 0.3 is 17.7 Å². The molecule has 0 atom stereocenters. The lowest BCUT2D eigenvalue weighted by molar-refractivity contribution is -0.753. The number of carbonyl (C=O) groups is 1. The Hall–Kier alpha value is -3.22. The van der Waals surface area contributed by atoms with Crippen molar-refractivity contribution in [3.8, 4) is 23.8 Å². The van der Waals surface area contributed by atoms with Crippen LogP contribution in [0.25, 0.3) is 5.69 Å². The van der Waals surface area contributed by atoms with Crippen LogP contribution in [0.3, 0.4) is 0 Å². The Bertz CT molecular complexity index is 1100. The largest absolute Gasteiger partial charge is 0.483 e. The molecule has 146 valence electrons. The maximum atomic E-state index is 14.8. The first kappa shape index (κ1) is 18.2. The van der Waals surface area contributed by atoms with E-state index in [9.17, 15) is 22.8 Å². The van der Waals surface area contributed by atoms with Gasteiger partial charge in [0.15, 0.2) is 11.6 Å². The molecule has 0 unspecified atom stereocenters. The molecule has 2 aliphatic heterocycles. The van der Waals surface area contributed by atoms with Crippen molar-refractivity contribution in [2.75, 3.05) is 11.4 Å². The molecule has 7 nitrogen and oxygen atoms in total. The molecule has 3 heterocycles. The number of rotatable bonds is 2. The number of carbonyl (C=O) groups excluding carboxylic acids is 1. The number of aromatic nitrogens is 3. The molecule has 0 spiro atoms. The zero-order valence-corrected chi connectivity index (χ0v) is 14.9. The zero-order valence-electron chi connectivity index (χ0n) is 14.9. The van der Waals surface area contributed by atoms with E-state index in [0.717, 1.165) is 35.5 Å². The Kier molecular flexibility index (Phi) is 3.99. The Morgan fingerprint density at radius 2 is 2.04 bits per heavy atom. The molecule has 0 radical (unpaired) electrons. The van der Waals surface area contributed by atoms with Gasteiger partial charge in [0.25, 0.3) is 5.82 Å². The summed E-state index contributed by atoms with van der Waals surface area (Å²) in [5, 5.41) is 0. The van der Waals surface area contributed by atoms with Gasteiger partial charge in [-0.25, -0.2) is 9.18 Å². The quantitative estimate of drug-likeness (QED) is 0.563. The Morgan fingerprint density at radius 1 is 1.29 bits per heavy atom. The lowest BCUT2D eigenvalue weighted by atomic mass is 10.2. The van der Waals surface area contributed by atoms with Gasteiger partial charge < -0.3 is 4.74 Å². The number of nitrogens with zero attached hydrogens (tertiary/aromatic N) is 4. The topological polar surface area (TPSA) is 60.4 Å². The fraction of sp³-hybridized carbons (Fsp3) is 0.389. The molecule has 1 amide bonds. The molecular weight excluding hydrogens is 377 g/mol. The molecule has 1 aromatic carbocycles. The monoisotopic (exact) mass is 393 g/mol. The van der Waals surface area contributed by atoms with Gasteiger partial charge in [0, 0.05) is 6.07 Å². The van der Waals surface area contributed by atoms with Gasteiger partial charge in [0.05, 0.1) is 25.2 Å². The first-order valence-corrected chi connectivity index (χ1v) is 8.63. The standard InChI is InChI=1S/C18H16F3N4O3/c1-3-7-23-13-10-12(11(19)9-14(13)28-18(20,21)16(23)26)25-17(27)24-8-5-4-6-15(24)22(25)2/h1,9-10H,4-8H2,2H3/q+1. The van der Waals surface area contributed by atoms with E-state index in [2.05, 4.69) is 10.7 Å². The fourth-order valence-corrected chi connectivity index (χ4v) is 3.67. The number of hydrogen-bond acceptors (Lipinski definition) is 3. The van der Waals surface area contributed by atoms with Gasteiger partial charge in [0.1, 0.15) is 12.7 Å². The van der Waals surface area contributed by atoms with Crippen LogP contribution in [0, 0.1) is 18.2 Å². The van der Waals surface area contributed by atoms with Gasteiger partial charge in [-0.05, 0) is 18.9 Å². The van der Waals surface area contributed by atoms with E-state index in [1.165, 1.54) is 4.68 Å². The number of hydrogen-bond donors (Lipinski definition) is 0. The van der Waals surface area contributed by atoms with E-state index in [-0.39, 0.29) is 11.4 Å². The third kappa shape index (κ3) is 2.50. The second-order valence-corrected chi connectivity index (χ2v) is 6.63. The summed E-state index contributed by atoms with van der Waals surface area (Å²) in [6.45, 7) is 0.0573. The van der Waals surface area contributed by atoms with Crippen LogP contribution < -0.4 is 20.0 Å². The summed E-state index contributed by atoms with van der Waals surface area (Å²) in [5.41, 5.74) is -0.758. The molecule has 0 saturated heterocycles. The van der Waals surface area contributed by atoms with Crippen LogP contribution in [0.15, 0.2) is 16.9 Å². The fourth-order valence-electron chi connectivity index (χ4n) is 3.67. The molecule has 0 fully saturated rings. The van der Waals surface area contributed by atoms with Crippen LogP contribution in [-0.4, -0.2) is 27.8 Å². The SMILES string of the molecule is C#CCN1C(=O)C(F)(F)Oc2cc(F)c(-n3c(=O)n4c([n+]3C)CCCC4)cc21. The number of ether oxygens (including phenoxy) is 1. The normalized spacial score (nSPS) is 17.5. The lowest BCUT2D eigenvalue weighted by Crippen LogP contribution is -2.51. The first-order valence-electron chi connectivity index (χ1n) is 8.63. The summed E-state index contributed by atoms with van der Waals surface area (Å²) >= 11 is 0. The van der Waals surface area contributed by atoms with Crippen molar-refractivity contribution in [1.29, 1.82) is 0 Å². The Balaban J connectivity index is 1.93. The molecule has 2 aromatic rings. The minimum atomic E-state index is -4.16. The summed E-state index contributed by atoms with van der Waals surface area (Å²) in [7, 11) is 1.62. The average Bonchev–Trinajstić information content (AvgIpc) is 2.90. The van der Waals surface area contributed by atoms with Gasteiger partial charge in [-0.3, -0.25) is 9.69 Å². The van der Waals surface area contributed by atoms with Gasteiger partial charge in [-0.1, -0.05) is 5.92 Å². The summed E-state index contributed by atoms with van der Waals surface area (Å²) < 4.78 is 51.0. The summed E-state index contributed by atoms with van der Waals surface area (Å²) in [4.78, 5) is 25.5. The van der Waals surface area contributed by atoms with Crippen molar-refractivity contribution in [2.45, 2.75) is 31.9 Å². The minimum absolute atomic E-state index is 0.124. The third-order valence-electron chi connectivity index (χ3n) is 4.96. The minimum Gasteiger partial charge on any atom is -0.423 e. The van der Waals surface area contributed by atoms with E-state index in [4.69, 9.17) is 6.42 Å². The van der Waals surface area contributed by atoms with E-state index >= 15 is 0 Å². The highest BCUT2D eigenvalue weighted by Crippen LogP contribution is 2.41. The second-order valence-electron chi connectivity index (χ2n) is 6.63. The highest BCUT2D eigenvalue weighted by molar-refractivity contribution is 6.01. The number of amides is 1. The summed E-state index contributed by atoms with van der Waals surface area (Å²) in [6, 6.07) is 1.86. The molecule has 0 aliphatic carbocycles. The molecule has 0 bridgehead atoms. The van der Waals surface area contributed by atoms with Crippen molar-refractivity contribution >= 4 is 11.6 Å². The van der Waals surface area contributed by atoms with Gasteiger partial charge in [0.2, 0.25) is 0 Å². The number of benzene rings is 1. The highest BCUT2D eigenvalue weighted by atomic mass is 19.3. The third-order valence-corrected chi connectivity index (χ3v) is 4.96. The average molecular weight is 393 g/mol.